The van der Waals surface area contributed by atoms with Crippen LogP contribution in [0.5, 0.6) is 17.2 Å². The number of benzene rings is 3. The SMILES string of the molecule is COc1ccc(-c2noc(-c3cnc(F)c(C)c3)n2)cc1.COc1ccc(/C(N)=N/O)cc1.COc1ccc(C#N)cc1.Cc1cc(C(=O)Cl)cnc1F. The largest absolute Gasteiger partial charge is 0.497 e. The summed E-state index contributed by atoms with van der Waals surface area (Å²) in [5.41, 5.74) is 9.01. The van der Waals surface area contributed by atoms with Crippen LogP contribution in [0.4, 0.5) is 8.78 Å². The van der Waals surface area contributed by atoms with Gasteiger partial charge in [-0.1, -0.05) is 10.3 Å². The summed E-state index contributed by atoms with van der Waals surface area (Å²) >= 11 is 5.13. The number of oxime groups is 1. The maximum atomic E-state index is 13.2. The standard InChI is InChI=1S/C15H12FN3O2.C8H10N2O2.C8H7NO.C7H5ClFNO/c1-9-7-11(8-17-13(9)16)15-18-14(19-21-15)10-3-5-12(20-2)6-4-10;1-12-7-4-2-6(3-5-7)8(9)10-11;1-10-8-4-2-7(6-9)3-5-8;1-4-2-5(6(8)11)3-10-7(4)9/h3-8H,1-2H3;2-5,11H,1H3,(H2,9,10);2-5H,1H3;2-3H,1H3. The maximum absolute atomic E-state index is 13.2. The number of hydrogen-bond donors (Lipinski definition) is 2. The highest BCUT2D eigenvalue weighted by Gasteiger charge is 2.12. The van der Waals surface area contributed by atoms with Gasteiger partial charge in [0.25, 0.3) is 11.1 Å². The van der Waals surface area contributed by atoms with Crippen molar-refractivity contribution in [3.8, 4) is 46.2 Å². The first-order valence-electron chi connectivity index (χ1n) is 15.5. The summed E-state index contributed by atoms with van der Waals surface area (Å²) in [5, 5.41) is 22.9. The second-order valence-electron chi connectivity index (χ2n) is 10.6. The van der Waals surface area contributed by atoms with E-state index in [2.05, 4.69) is 25.3 Å². The van der Waals surface area contributed by atoms with Gasteiger partial charge >= 0.3 is 0 Å². The number of ether oxygens (including phenoxy) is 3. The van der Waals surface area contributed by atoms with Gasteiger partial charge < -0.3 is 29.7 Å². The summed E-state index contributed by atoms with van der Waals surface area (Å²) in [4.78, 5) is 21.8. The smallest absolute Gasteiger partial charge is 0.259 e. The van der Waals surface area contributed by atoms with Crippen LogP contribution in [0.2, 0.25) is 0 Å². The van der Waals surface area contributed by atoms with Crippen molar-refractivity contribution in [2.24, 2.45) is 10.9 Å². The molecule has 3 N–H and O–H groups in total. The molecule has 3 aromatic carbocycles. The van der Waals surface area contributed by atoms with Crippen molar-refractivity contribution in [1.29, 1.82) is 5.26 Å². The monoisotopic (exact) mass is 757 g/mol. The molecule has 6 aromatic rings. The molecule has 54 heavy (non-hydrogen) atoms. The number of nitriles is 1. The molecule has 6 rings (SSSR count). The summed E-state index contributed by atoms with van der Waals surface area (Å²) < 4.78 is 45.8. The first-order chi connectivity index (χ1) is 25.9. The zero-order chi connectivity index (χ0) is 39.6. The number of hydrogen-bond acceptors (Lipinski definition) is 12. The van der Waals surface area contributed by atoms with E-state index in [1.165, 1.54) is 19.2 Å². The number of pyridine rings is 2. The normalized spacial score (nSPS) is 10.2. The minimum absolute atomic E-state index is 0.0950. The van der Waals surface area contributed by atoms with Gasteiger partial charge in [0.15, 0.2) is 5.84 Å². The molecular weight excluding hydrogens is 724 g/mol. The van der Waals surface area contributed by atoms with Gasteiger partial charge in [0.2, 0.25) is 17.7 Å². The number of nitrogens with zero attached hydrogens (tertiary/aromatic N) is 6. The molecule has 0 saturated carbocycles. The summed E-state index contributed by atoms with van der Waals surface area (Å²) in [6.07, 6.45) is 2.48. The molecule has 0 aliphatic heterocycles. The molecule has 16 heteroatoms. The lowest BCUT2D eigenvalue weighted by Crippen LogP contribution is -2.12. The Morgan fingerprint density at radius 2 is 1.30 bits per heavy atom. The van der Waals surface area contributed by atoms with Gasteiger partial charge in [0.05, 0.1) is 44.1 Å². The molecule has 0 atom stereocenters. The van der Waals surface area contributed by atoms with E-state index in [9.17, 15) is 13.6 Å². The number of carbonyl (C=O) groups is 1. The third kappa shape index (κ3) is 12.4. The van der Waals surface area contributed by atoms with Gasteiger partial charge in [-0.3, -0.25) is 4.79 Å². The van der Waals surface area contributed by atoms with E-state index >= 15 is 0 Å². The topological polar surface area (TPSA) is 192 Å². The highest BCUT2D eigenvalue weighted by Crippen LogP contribution is 2.24. The Balaban J connectivity index is 0.000000205. The predicted octanol–water partition coefficient (Wildman–Crippen LogP) is 7.52. The zero-order valence-electron chi connectivity index (χ0n) is 29.6. The predicted molar refractivity (Wildman–Crippen MR) is 197 cm³/mol. The van der Waals surface area contributed by atoms with Crippen LogP contribution < -0.4 is 19.9 Å². The van der Waals surface area contributed by atoms with E-state index in [1.807, 2.05) is 30.3 Å². The number of nitrogens with two attached hydrogens (primary N) is 1. The minimum atomic E-state index is -0.624. The van der Waals surface area contributed by atoms with Crippen LogP contribution in [0, 0.1) is 37.1 Å². The van der Waals surface area contributed by atoms with Crippen LogP contribution in [0.1, 0.15) is 32.6 Å². The first-order valence-corrected chi connectivity index (χ1v) is 15.9. The van der Waals surface area contributed by atoms with Gasteiger partial charge in [-0.2, -0.15) is 19.0 Å². The van der Waals surface area contributed by atoms with Crippen LogP contribution in [0.3, 0.4) is 0 Å². The van der Waals surface area contributed by atoms with E-state index in [4.69, 9.17) is 46.5 Å². The molecular formula is C38H34ClF2N7O6. The van der Waals surface area contributed by atoms with Crippen LogP contribution >= 0.6 is 11.6 Å². The molecule has 13 nitrogen and oxygen atoms in total. The lowest BCUT2D eigenvalue weighted by molar-refractivity contribution is 0.108. The van der Waals surface area contributed by atoms with Crippen LogP contribution in [-0.4, -0.2) is 57.7 Å². The molecule has 278 valence electrons. The van der Waals surface area contributed by atoms with Crippen molar-refractivity contribution in [3.63, 3.8) is 0 Å². The highest BCUT2D eigenvalue weighted by atomic mass is 35.5. The fourth-order valence-electron chi connectivity index (χ4n) is 4.02. The number of methoxy groups -OCH3 is 3. The van der Waals surface area contributed by atoms with Crippen molar-refractivity contribution < 1.29 is 37.5 Å². The Kier molecular flexibility index (Phi) is 16.0. The fourth-order valence-corrected chi connectivity index (χ4v) is 4.13. The molecule has 0 saturated heterocycles. The Labute approximate surface area is 314 Å². The Hall–Kier alpha value is -6.92. The second kappa shape index (κ2) is 20.8. The number of carbonyl (C=O) groups excluding carboxylic acids is 1. The van der Waals surface area contributed by atoms with Gasteiger partial charge in [0.1, 0.15) is 17.2 Å². The molecule has 0 spiro atoms. The molecule has 0 fully saturated rings. The molecule has 0 unspecified atom stereocenters. The van der Waals surface area contributed by atoms with Crippen molar-refractivity contribution >= 4 is 22.7 Å². The van der Waals surface area contributed by atoms with Crippen molar-refractivity contribution in [1.82, 2.24) is 20.1 Å². The molecule has 0 aliphatic rings. The van der Waals surface area contributed by atoms with Gasteiger partial charge in [-0.25, -0.2) is 9.97 Å². The Morgan fingerprint density at radius 3 is 1.76 bits per heavy atom. The maximum Gasteiger partial charge on any atom is 0.259 e. The van der Waals surface area contributed by atoms with E-state index in [0.717, 1.165) is 29.0 Å². The van der Waals surface area contributed by atoms with Crippen molar-refractivity contribution in [2.75, 3.05) is 21.3 Å². The van der Waals surface area contributed by atoms with E-state index in [0.29, 0.717) is 39.5 Å². The molecule has 0 amide bonds. The quantitative estimate of drug-likeness (QED) is 0.0407. The van der Waals surface area contributed by atoms with Gasteiger partial charge in [-0.15, -0.1) is 0 Å². The number of rotatable bonds is 7. The van der Waals surface area contributed by atoms with Crippen molar-refractivity contribution in [2.45, 2.75) is 13.8 Å². The fraction of sp³-hybridized carbons (Fsp3) is 0.132. The first kappa shape index (κ1) is 41.5. The van der Waals surface area contributed by atoms with Crippen molar-refractivity contribution in [3.05, 3.63) is 137 Å². The zero-order valence-corrected chi connectivity index (χ0v) is 30.4. The lowest BCUT2D eigenvalue weighted by Gasteiger charge is -2.00. The third-order valence-corrected chi connectivity index (χ3v) is 7.21. The number of amidine groups is 1. The van der Waals surface area contributed by atoms with Crippen LogP contribution in [-0.2, 0) is 0 Å². The summed E-state index contributed by atoms with van der Waals surface area (Å²) in [6.45, 7) is 3.15. The number of aryl methyl sites for hydroxylation is 2. The van der Waals surface area contributed by atoms with E-state index < -0.39 is 17.1 Å². The highest BCUT2D eigenvalue weighted by molar-refractivity contribution is 6.67. The molecule has 3 heterocycles. The number of aromatic nitrogens is 4. The third-order valence-electron chi connectivity index (χ3n) is 6.99. The summed E-state index contributed by atoms with van der Waals surface area (Å²) in [5.74, 6) is 2.04. The van der Waals surface area contributed by atoms with Crippen LogP contribution in [0.15, 0.2) is 107 Å². The Morgan fingerprint density at radius 1 is 0.796 bits per heavy atom. The van der Waals surface area contributed by atoms with Gasteiger partial charge in [-0.05, 0) is 110 Å². The average molecular weight is 758 g/mol. The second-order valence-corrected chi connectivity index (χ2v) is 11.0. The molecule has 0 radical (unpaired) electrons. The summed E-state index contributed by atoms with van der Waals surface area (Å²) in [6, 6.07) is 26.2. The Bertz CT molecular complexity index is 2190. The molecule has 3 aromatic heterocycles. The lowest BCUT2D eigenvalue weighted by atomic mass is 10.2. The van der Waals surface area contributed by atoms with E-state index in [1.54, 1.807) is 82.9 Å². The summed E-state index contributed by atoms with van der Waals surface area (Å²) in [7, 11) is 4.78. The number of halogens is 3. The molecule has 0 aliphatic carbocycles. The van der Waals surface area contributed by atoms with Gasteiger partial charge in [0, 0.05) is 34.6 Å². The molecule has 0 bridgehead atoms. The van der Waals surface area contributed by atoms with E-state index in [-0.39, 0.29) is 11.4 Å². The average Bonchev–Trinajstić information content (AvgIpc) is 3.71. The minimum Gasteiger partial charge on any atom is -0.497 e. The van der Waals surface area contributed by atoms with Crippen LogP contribution in [0.25, 0.3) is 22.8 Å².